The highest BCUT2D eigenvalue weighted by atomic mass is 16.4. The standard InChI is InChI=1S/C14H28N2O2/c1-4-8-15-13(14(17)18)7-10-16-9-5-6-11(2)12(16)3/h11-13,15H,4-10H2,1-3H3,(H,17,18). The Morgan fingerprint density at radius 3 is 2.83 bits per heavy atom. The summed E-state index contributed by atoms with van der Waals surface area (Å²) in [4.78, 5) is 13.6. The van der Waals surface area contributed by atoms with E-state index in [2.05, 4.69) is 31.0 Å². The number of carboxylic acids is 1. The molecular weight excluding hydrogens is 228 g/mol. The van der Waals surface area contributed by atoms with Crippen molar-refractivity contribution >= 4 is 5.97 Å². The zero-order chi connectivity index (χ0) is 13.5. The zero-order valence-corrected chi connectivity index (χ0v) is 12.0. The maximum atomic E-state index is 11.1. The van der Waals surface area contributed by atoms with Crippen LogP contribution in [0.25, 0.3) is 0 Å². The van der Waals surface area contributed by atoms with Gasteiger partial charge in [-0.2, -0.15) is 0 Å². The molecule has 1 saturated heterocycles. The maximum Gasteiger partial charge on any atom is 0.320 e. The van der Waals surface area contributed by atoms with Gasteiger partial charge in [0.05, 0.1) is 0 Å². The van der Waals surface area contributed by atoms with Crippen LogP contribution in [-0.4, -0.2) is 47.7 Å². The van der Waals surface area contributed by atoms with Crippen molar-refractivity contribution in [1.82, 2.24) is 10.2 Å². The summed E-state index contributed by atoms with van der Waals surface area (Å²) in [6.07, 6.45) is 4.22. The fraction of sp³-hybridized carbons (Fsp3) is 0.929. The molecule has 18 heavy (non-hydrogen) atoms. The Hall–Kier alpha value is -0.610. The molecule has 4 nitrogen and oxygen atoms in total. The molecule has 0 spiro atoms. The van der Waals surface area contributed by atoms with Crippen LogP contribution in [0.4, 0.5) is 0 Å². The van der Waals surface area contributed by atoms with E-state index < -0.39 is 12.0 Å². The Morgan fingerprint density at radius 2 is 2.22 bits per heavy atom. The molecule has 0 aromatic heterocycles. The summed E-state index contributed by atoms with van der Waals surface area (Å²) in [5.41, 5.74) is 0. The monoisotopic (exact) mass is 256 g/mol. The smallest absolute Gasteiger partial charge is 0.320 e. The summed E-state index contributed by atoms with van der Waals surface area (Å²) in [6, 6.07) is 0.189. The lowest BCUT2D eigenvalue weighted by atomic mass is 9.92. The molecule has 0 bridgehead atoms. The first-order valence-corrected chi connectivity index (χ1v) is 7.26. The Morgan fingerprint density at radius 1 is 1.50 bits per heavy atom. The first kappa shape index (κ1) is 15.4. The van der Waals surface area contributed by atoms with Crippen LogP contribution in [0, 0.1) is 5.92 Å². The molecule has 0 aliphatic carbocycles. The molecular formula is C14H28N2O2. The highest BCUT2D eigenvalue weighted by Gasteiger charge is 2.26. The van der Waals surface area contributed by atoms with Crippen LogP contribution < -0.4 is 5.32 Å². The SMILES string of the molecule is CCCNC(CCN1CCCC(C)C1C)C(=O)O. The van der Waals surface area contributed by atoms with Crippen molar-refractivity contribution in [2.75, 3.05) is 19.6 Å². The Kier molecular flexibility index (Phi) is 6.65. The van der Waals surface area contributed by atoms with Gasteiger partial charge in [0, 0.05) is 12.6 Å². The molecule has 1 heterocycles. The number of carboxylic acid groups (broad SMARTS) is 1. The van der Waals surface area contributed by atoms with Crippen LogP contribution in [0.2, 0.25) is 0 Å². The number of nitrogens with zero attached hydrogens (tertiary/aromatic N) is 1. The number of rotatable bonds is 7. The van der Waals surface area contributed by atoms with Crippen molar-refractivity contribution in [2.45, 2.75) is 58.5 Å². The third-order valence-corrected chi connectivity index (χ3v) is 4.15. The van der Waals surface area contributed by atoms with Gasteiger partial charge in [0.1, 0.15) is 6.04 Å². The van der Waals surface area contributed by atoms with Gasteiger partial charge in [0.2, 0.25) is 0 Å². The van der Waals surface area contributed by atoms with E-state index in [-0.39, 0.29) is 0 Å². The van der Waals surface area contributed by atoms with Gasteiger partial charge < -0.3 is 15.3 Å². The van der Waals surface area contributed by atoms with Gasteiger partial charge in [-0.1, -0.05) is 13.8 Å². The van der Waals surface area contributed by atoms with E-state index in [1.54, 1.807) is 0 Å². The average molecular weight is 256 g/mol. The van der Waals surface area contributed by atoms with Crippen LogP contribution in [0.3, 0.4) is 0 Å². The second-order valence-electron chi connectivity index (χ2n) is 5.53. The minimum absolute atomic E-state index is 0.394. The number of hydrogen-bond donors (Lipinski definition) is 2. The van der Waals surface area contributed by atoms with Gasteiger partial charge in [-0.3, -0.25) is 4.79 Å². The number of aliphatic carboxylic acids is 1. The summed E-state index contributed by atoms with van der Waals surface area (Å²) < 4.78 is 0. The van der Waals surface area contributed by atoms with E-state index in [4.69, 9.17) is 5.11 Å². The van der Waals surface area contributed by atoms with Crippen molar-refractivity contribution < 1.29 is 9.90 Å². The number of hydrogen-bond acceptors (Lipinski definition) is 3. The van der Waals surface area contributed by atoms with E-state index in [0.717, 1.165) is 32.0 Å². The molecule has 2 N–H and O–H groups in total. The van der Waals surface area contributed by atoms with Gasteiger partial charge in [0.15, 0.2) is 0 Å². The fourth-order valence-electron chi connectivity index (χ4n) is 2.66. The molecule has 3 unspecified atom stereocenters. The normalized spacial score (nSPS) is 27.1. The van der Waals surface area contributed by atoms with Gasteiger partial charge >= 0.3 is 5.97 Å². The van der Waals surface area contributed by atoms with Gasteiger partial charge in [-0.15, -0.1) is 0 Å². The van der Waals surface area contributed by atoms with Crippen LogP contribution in [0.1, 0.15) is 46.5 Å². The molecule has 0 radical (unpaired) electrons. The quantitative estimate of drug-likeness (QED) is 0.731. The molecule has 3 atom stereocenters. The molecule has 1 rings (SSSR count). The maximum absolute atomic E-state index is 11.1. The van der Waals surface area contributed by atoms with Gasteiger partial charge in [-0.25, -0.2) is 0 Å². The molecule has 0 aromatic carbocycles. The molecule has 1 aliphatic rings. The largest absolute Gasteiger partial charge is 0.480 e. The van der Waals surface area contributed by atoms with E-state index in [1.807, 2.05) is 0 Å². The second-order valence-corrected chi connectivity index (χ2v) is 5.53. The number of nitrogens with one attached hydrogen (secondary N) is 1. The van der Waals surface area contributed by atoms with Crippen LogP contribution in [0.15, 0.2) is 0 Å². The summed E-state index contributed by atoms with van der Waals surface area (Å²) in [5, 5.41) is 12.3. The average Bonchev–Trinajstić information content (AvgIpc) is 2.33. The molecule has 0 amide bonds. The lowest BCUT2D eigenvalue weighted by Gasteiger charge is -2.38. The molecule has 4 heteroatoms. The third-order valence-electron chi connectivity index (χ3n) is 4.15. The first-order chi connectivity index (χ1) is 8.56. The van der Waals surface area contributed by atoms with Crippen LogP contribution in [0.5, 0.6) is 0 Å². The van der Waals surface area contributed by atoms with E-state index in [9.17, 15) is 4.79 Å². The second kappa shape index (κ2) is 7.74. The highest BCUT2D eigenvalue weighted by molar-refractivity contribution is 5.73. The van der Waals surface area contributed by atoms with Crippen LogP contribution >= 0.6 is 0 Å². The van der Waals surface area contributed by atoms with Crippen molar-refractivity contribution in [2.24, 2.45) is 5.92 Å². The first-order valence-electron chi connectivity index (χ1n) is 7.26. The summed E-state index contributed by atoms with van der Waals surface area (Å²) in [7, 11) is 0. The topological polar surface area (TPSA) is 52.6 Å². The molecule has 106 valence electrons. The number of carbonyl (C=O) groups is 1. The third kappa shape index (κ3) is 4.58. The van der Waals surface area contributed by atoms with Crippen molar-refractivity contribution in [3.63, 3.8) is 0 Å². The lowest BCUT2D eigenvalue weighted by Crippen LogP contribution is -2.46. The van der Waals surface area contributed by atoms with Gasteiger partial charge in [-0.05, 0) is 51.6 Å². The molecule has 0 aromatic rings. The Labute approximate surface area is 111 Å². The minimum Gasteiger partial charge on any atom is -0.480 e. The Balaban J connectivity index is 2.38. The zero-order valence-electron chi connectivity index (χ0n) is 12.0. The summed E-state index contributed by atoms with van der Waals surface area (Å²) >= 11 is 0. The number of piperidine rings is 1. The van der Waals surface area contributed by atoms with Crippen molar-refractivity contribution in [3.8, 4) is 0 Å². The minimum atomic E-state index is -0.721. The molecule has 1 fully saturated rings. The van der Waals surface area contributed by atoms with E-state index in [0.29, 0.717) is 12.5 Å². The fourth-order valence-corrected chi connectivity index (χ4v) is 2.66. The molecule has 1 aliphatic heterocycles. The highest BCUT2D eigenvalue weighted by Crippen LogP contribution is 2.22. The van der Waals surface area contributed by atoms with E-state index in [1.165, 1.54) is 12.8 Å². The molecule has 0 saturated carbocycles. The lowest BCUT2D eigenvalue weighted by molar-refractivity contribution is -0.139. The van der Waals surface area contributed by atoms with Crippen molar-refractivity contribution in [1.29, 1.82) is 0 Å². The predicted octanol–water partition coefficient (Wildman–Crippen LogP) is 1.95. The Bertz CT molecular complexity index is 258. The summed E-state index contributed by atoms with van der Waals surface area (Å²) in [5.74, 6) is 0.00629. The summed E-state index contributed by atoms with van der Waals surface area (Å²) in [6.45, 7) is 9.40. The van der Waals surface area contributed by atoms with E-state index >= 15 is 0 Å². The number of likely N-dealkylation sites (tertiary alicyclic amines) is 1. The van der Waals surface area contributed by atoms with Crippen LogP contribution in [-0.2, 0) is 4.79 Å². The van der Waals surface area contributed by atoms with Crippen molar-refractivity contribution in [3.05, 3.63) is 0 Å². The van der Waals surface area contributed by atoms with Gasteiger partial charge in [0.25, 0.3) is 0 Å². The predicted molar refractivity (Wildman–Crippen MR) is 73.8 cm³/mol.